The van der Waals surface area contributed by atoms with Crippen LogP contribution in [0.1, 0.15) is 38.7 Å². The van der Waals surface area contributed by atoms with Gasteiger partial charge in [0.2, 0.25) is 0 Å². The molecule has 1 saturated carbocycles. The summed E-state index contributed by atoms with van der Waals surface area (Å²) in [5.74, 6) is 0.624. The van der Waals surface area contributed by atoms with Gasteiger partial charge >= 0.3 is 0 Å². The van der Waals surface area contributed by atoms with Crippen molar-refractivity contribution in [1.82, 2.24) is 4.90 Å². The molecule has 2 nitrogen and oxygen atoms in total. The Morgan fingerprint density at radius 3 is 2.60 bits per heavy atom. The van der Waals surface area contributed by atoms with Crippen LogP contribution in [0.2, 0.25) is 0 Å². The van der Waals surface area contributed by atoms with E-state index in [1.54, 1.807) is 0 Å². The van der Waals surface area contributed by atoms with Crippen LogP contribution in [-0.4, -0.2) is 24.5 Å². The Labute approximate surface area is 131 Å². The molecule has 1 aromatic rings. The molecule has 112 valence electrons. The summed E-state index contributed by atoms with van der Waals surface area (Å²) in [6.07, 6.45) is 3.86. The SMILES string of the molecule is CN(Cc1ccc(Br)cc1)CC1CCCC(C)(C)C1N. The molecule has 0 aliphatic heterocycles. The molecular formula is C17H27BrN2. The van der Waals surface area contributed by atoms with Crippen LogP contribution in [0.4, 0.5) is 0 Å². The fraction of sp³-hybridized carbons (Fsp3) is 0.647. The number of rotatable bonds is 4. The monoisotopic (exact) mass is 338 g/mol. The molecule has 2 rings (SSSR count). The fourth-order valence-electron chi connectivity index (χ4n) is 3.38. The highest BCUT2D eigenvalue weighted by atomic mass is 79.9. The van der Waals surface area contributed by atoms with Gasteiger partial charge in [0.05, 0.1) is 0 Å². The molecule has 0 aromatic heterocycles. The van der Waals surface area contributed by atoms with E-state index in [0.29, 0.717) is 17.4 Å². The van der Waals surface area contributed by atoms with Gasteiger partial charge in [-0.3, -0.25) is 0 Å². The molecule has 1 fully saturated rings. The van der Waals surface area contributed by atoms with Crippen LogP contribution >= 0.6 is 15.9 Å². The number of benzene rings is 1. The van der Waals surface area contributed by atoms with Gasteiger partial charge in [0, 0.05) is 23.6 Å². The maximum absolute atomic E-state index is 6.49. The van der Waals surface area contributed by atoms with Crippen LogP contribution in [0.15, 0.2) is 28.7 Å². The average Bonchev–Trinajstić information content (AvgIpc) is 2.38. The smallest absolute Gasteiger partial charge is 0.0230 e. The molecule has 1 aliphatic rings. The zero-order chi connectivity index (χ0) is 14.8. The third kappa shape index (κ3) is 4.06. The lowest BCUT2D eigenvalue weighted by atomic mass is 9.68. The summed E-state index contributed by atoms with van der Waals surface area (Å²) in [4.78, 5) is 2.41. The molecule has 0 spiro atoms. The first-order valence-electron chi connectivity index (χ1n) is 7.57. The second-order valence-electron chi connectivity index (χ2n) is 6.99. The van der Waals surface area contributed by atoms with Crippen molar-refractivity contribution in [2.75, 3.05) is 13.6 Å². The van der Waals surface area contributed by atoms with E-state index in [2.05, 4.69) is 66.0 Å². The highest BCUT2D eigenvalue weighted by molar-refractivity contribution is 9.10. The minimum absolute atomic E-state index is 0.293. The molecule has 0 amide bonds. The Hall–Kier alpha value is -0.380. The van der Waals surface area contributed by atoms with Crippen molar-refractivity contribution < 1.29 is 0 Å². The molecule has 3 heteroatoms. The summed E-state index contributed by atoms with van der Waals surface area (Å²) in [5, 5.41) is 0. The highest BCUT2D eigenvalue weighted by Gasteiger charge is 2.36. The zero-order valence-electron chi connectivity index (χ0n) is 12.9. The van der Waals surface area contributed by atoms with Crippen molar-refractivity contribution in [3.05, 3.63) is 34.3 Å². The predicted molar refractivity (Wildman–Crippen MR) is 89.6 cm³/mol. The van der Waals surface area contributed by atoms with Crippen molar-refractivity contribution in [2.45, 2.75) is 45.7 Å². The Bertz CT molecular complexity index is 427. The fourth-order valence-corrected chi connectivity index (χ4v) is 3.64. The first kappa shape index (κ1) is 16.0. The Morgan fingerprint density at radius 1 is 1.30 bits per heavy atom. The molecule has 2 unspecified atom stereocenters. The number of hydrogen-bond donors (Lipinski definition) is 1. The number of halogens is 1. The van der Waals surface area contributed by atoms with Crippen LogP contribution in [0.3, 0.4) is 0 Å². The van der Waals surface area contributed by atoms with Crippen LogP contribution in [0, 0.1) is 11.3 Å². The molecule has 2 N–H and O–H groups in total. The van der Waals surface area contributed by atoms with Gasteiger partial charge in [-0.2, -0.15) is 0 Å². The van der Waals surface area contributed by atoms with E-state index in [1.165, 1.54) is 24.8 Å². The molecule has 20 heavy (non-hydrogen) atoms. The van der Waals surface area contributed by atoms with Gasteiger partial charge < -0.3 is 10.6 Å². The second kappa shape index (κ2) is 6.59. The molecular weight excluding hydrogens is 312 g/mol. The van der Waals surface area contributed by atoms with Gasteiger partial charge in [-0.1, -0.05) is 48.3 Å². The third-order valence-corrected chi connectivity index (χ3v) is 5.25. The quantitative estimate of drug-likeness (QED) is 0.897. The summed E-state index contributed by atoms with van der Waals surface area (Å²) >= 11 is 3.48. The maximum Gasteiger partial charge on any atom is 0.0230 e. The van der Waals surface area contributed by atoms with E-state index >= 15 is 0 Å². The van der Waals surface area contributed by atoms with Crippen LogP contribution in [-0.2, 0) is 6.54 Å². The van der Waals surface area contributed by atoms with Gasteiger partial charge in [0.15, 0.2) is 0 Å². The first-order chi connectivity index (χ1) is 9.38. The number of nitrogens with two attached hydrogens (primary N) is 1. The second-order valence-corrected chi connectivity index (χ2v) is 7.91. The molecule has 0 radical (unpaired) electrons. The van der Waals surface area contributed by atoms with Crippen molar-refractivity contribution in [3.63, 3.8) is 0 Å². The van der Waals surface area contributed by atoms with Gasteiger partial charge in [-0.25, -0.2) is 0 Å². The standard InChI is InChI=1S/C17H27BrN2/c1-17(2)10-4-5-14(16(17)19)12-20(3)11-13-6-8-15(18)9-7-13/h6-9,14,16H,4-5,10-12,19H2,1-3H3. The summed E-state index contributed by atoms with van der Waals surface area (Å²) in [7, 11) is 2.20. The Morgan fingerprint density at radius 2 is 1.95 bits per heavy atom. The third-order valence-electron chi connectivity index (χ3n) is 4.72. The van der Waals surface area contributed by atoms with Gasteiger partial charge in [-0.15, -0.1) is 0 Å². The molecule has 1 aromatic carbocycles. The van der Waals surface area contributed by atoms with E-state index < -0.39 is 0 Å². The summed E-state index contributed by atoms with van der Waals surface area (Å²) in [6, 6.07) is 8.91. The lowest BCUT2D eigenvalue weighted by Crippen LogP contribution is -2.49. The van der Waals surface area contributed by atoms with E-state index in [0.717, 1.165) is 17.6 Å². The summed E-state index contributed by atoms with van der Waals surface area (Å²) in [5.41, 5.74) is 8.14. The van der Waals surface area contributed by atoms with E-state index in [9.17, 15) is 0 Å². The lowest BCUT2D eigenvalue weighted by Gasteiger charge is -2.43. The minimum Gasteiger partial charge on any atom is -0.327 e. The predicted octanol–water partition coefficient (Wildman–Crippen LogP) is 4.03. The molecule has 0 bridgehead atoms. The van der Waals surface area contributed by atoms with Gasteiger partial charge in [0.1, 0.15) is 0 Å². The first-order valence-corrected chi connectivity index (χ1v) is 8.36. The normalized spacial score (nSPS) is 25.9. The average molecular weight is 339 g/mol. The maximum atomic E-state index is 6.49. The number of hydrogen-bond acceptors (Lipinski definition) is 2. The Kier molecular flexibility index (Phi) is 5.27. The van der Waals surface area contributed by atoms with E-state index in [4.69, 9.17) is 5.73 Å². The molecule has 0 heterocycles. The Balaban J connectivity index is 1.90. The van der Waals surface area contributed by atoms with Crippen LogP contribution in [0.5, 0.6) is 0 Å². The summed E-state index contributed by atoms with van der Waals surface area (Å²) in [6.45, 7) is 6.73. The lowest BCUT2D eigenvalue weighted by molar-refractivity contribution is 0.109. The topological polar surface area (TPSA) is 29.3 Å². The van der Waals surface area contributed by atoms with E-state index in [-0.39, 0.29) is 0 Å². The van der Waals surface area contributed by atoms with Crippen molar-refractivity contribution >= 4 is 15.9 Å². The van der Waals surface area contributed by atoms with Crippen LogP contribution < -0.4 is 5.73 Å². The largest absolute Gasteiger partial charge is 0.327 e. The number of nitrogens with zero attached hydrogens (tertiary/aromatic N) is 1. The molecule has 1 aliphatic carbocycles. The van der Waals surface area contributed by atoms with E-state index in [1.807, 2.05) is 0 Å². The molecule has 2 atom stereocenters. The van der Waals surface area contributed by atoms with Crippen LogP contribution in [0.25, 0.3) is 0 Å². The molecule has 0 saturated heterocycles. The van der Waals surface area contributed by atoms with Gasteiger partial charge in [-0.05, 0) is 48.9 Å². The van der Waals surface area contributed by atoms with Gasteiger partial charge in [0.25, 0.3) is 0 Å². The highest BCUT2D eigenvalue weighted by Crippen LogP contribution is 2.38. The van der Waals surface area contributed by atoms with Crippen molar-refractivity contribution in [1.29, 1.82) is 0 Å². The van der Waals surface area contributed by atoms with Crippen molar-refractivity contribution in [3.8, 4) is 0 Å². The summed E-state index contributed by atoms with van der Waals surface area (Å²) < 4.78 is 1.14. The minimum atomic E-state index is 0.293. The zero-order valence-corrected chi connectivity index (χ0v) is 14.5. The van der Waals surface area contributed by atoms with Crippen molar-refractivity contribution in [2.24, 2.45) is 17.1 Å².